The number of rotatable bonds is 9. The molecule has 0 saturated heterocycles. The van der Waals surface area contributed by atoms with Crippen LogP contribution in [-0.2, 0) is 23.7 Å². The second-order valence-corrected chi connectivity index (χ2v) is 10.7. The van der Waals surface area contributed by atoms with E-state index >= 15 is 0 Å². The molecule has 0 atom stereocenters. The quantitative estimate of drug-likeness (QED) is 0.330. The van der Waals surface area contributed by atoms with Gasteiger partial charge in [-0.25, -0.2) is 15.4 Å². The van der Waals surface area contributed by atoms with E-state index in [1.165, 1.54) is 0 Å². The number of anilines is 1. The Hall–Kier alpha value is -2.43. The van der Waals surface area contributed by atoms with Crippen LogP contribution < -0.4 is 5.43 Å². The van der Waals surface area contributed by atoms with Crippen molar-refractivity contribution in [2.24, 2.45) is 5.10 Å². The number of phenols is 1. The van der Waals surface area contributed by atoms with Crippen molar-refractivity contribution < 1.29 is 5.11 Å². The average Bonchev–Trinajstić information content (AvgIpc) is 2.70. The molecular weight excluding hydrogens is 396 g/mol. The molecule has 0 fully saturated rings. The highest BCUT2D eigenvalue weighted by atomic mass is 16.3. The summed E-state index contributed by atoms with van der Waals surface area (Å²) < 4.78 is 0. The minimum absolute atomic E-state index is 0.174. The fraction of sp³-hybridized carbons (Fsp3) is 0.593. The van der Waals surface area contributed by atoms with E-state index in [1.807, 2.05) is 12.1 Å². The molecule has 1 aromatic heterocycles. The Kier molecular flexibility index (Phi) is 8.82. The molecule has 0 aliphatic rings. The molecule has 0 aliphatic carbocycles. The molecule has 1 aromatic carbocycles. The molecule has 2 rings (SSSR count). The first-order chi connectivity index (χ1) is 15.0. The van der Waals surface area contributed by atoms with E-state index in [-0.39, 0.29) is 10.8 Å². The lowest BCUT2D eigenvalue weighted by Gasteiger charge is -2.27. The molecule has 0 unspecified atom stereocenters. The van der Waals surface area contributed by atoms with Crippen LogP contribution in [0.25, 0.3) is 0 Å². The zero-order valence-electron chi connectivity index (χ0n) is 21.3. The zero-order chi connectivity index (χ0) is 23.9. The normalized spacial score (nSPS) is 12.5. The number of aromatic nitrogens is 2. The first-order valence-electron chi connectivity index (χ1n) is 12.0. The molecule has 0 amide bonds. The van der Waals surface area contributed by atoms with Crippen LogP contribution in [0.3, 0.4) is 0 Å². The minimum atomic E-state index is -0.174. The summed E-state index contributed by atoms with van der Waals surface area (Å²) in [5.74, 6) is 0.925. The number of hydrogen-bond acceptors (Lipinski definition) is 5. The van der Waals surface area contributed by atoms with Gasteiger partial charge in [0.15, 0.2) is 0 Å². The maximum atomic E-state index is 10.9. The Morgan fingerprint density at radius 1 is 0.844 bits per heavy atom. The zero-order valence-corrected chi connectivity index (χ0v) is 21.3. The summed E-state index contributed by atoms with van der Waals surface area (Å²) in [6.07, 6.45) is 8.22. The van der Waals surface area contributed by atoms with Gasteiger partial charge in [-0.05, 0) is 60.3 Å². The van der Waals surface area contributed by atoms with E-state index in [9.17, 15) is 5.11 Å². The minimum Gasteiger partial charge on any atom is -0.507 e. The van der Waals surface area contributed by atoms with Gasteiger partial charge in [-0.1, -0.05) is 68.2 Å². The predicted molar refractivity (Wildman–Crippen MR) is 136 cm³/mol. The predicted octanol–water partition coefficient (Wildman–Crippen LogP) is 6.91. The maximum Gasteiger partial charge on any atom is 0.243 e. The number of hydrazone groups is 1. The summed E-state index contributed by atoms with van der Waals surface area (Å²) in [4.78, 5) is 9.32. The summed E-state index contributed by atoms with van der Waals surface area (Å²) in [7, 11) is 0. The van der Waals surface area contributed by atoms with Gasteiger partial charge in [0.1, 0.15) is 5.75 Å². The summed E-state index contributed by atoms with van der Waals surface area (Å²) >= 11 is 0. The molecule has 1 heterocycles. The summed E-state index contributed by atoms with van der Waals surface area (Å²) in [5.41, 5.74) is 7.62. The molecule has 5 heteroatoms. The second-order valence-electron chi connectivity index (χ2n) is 10.7. The van der Waals surface area contributed by atoms with E-state index in [0.717, 1.165) is 66.6 Å². The van der Waals surface area contributed by atoms with Crippen LogP contribution in [0.5, 0.6) is 5.75 Å². The van der Waals surface area contributed by atoms with Crippen molar-refractivity contribution in [3.05, 3.63) is 46.3 Å². The number of phenolic OH excluding ortho intramolecular Hbond substituents is 1. The van der Waals surface area contributed by atoms with Crippen molar-refractivity contribution in [1.82, 2.24) is 9.97 Å². The largest absolute Gasteiger partial charge is 0.507 e. The van der Waals surface area contributed by atoms with E-state index in [1.54, 1.807) is 6.21 Å². The topological polar surface area (TPSA) is 70.4 Å². The lowest BCUT2D eigenvalue weighted by molar-refractivity contribution is 0.423. The van der Waals surface area contributed by atoms with E-state index in [4.69, 9.17) is 0 Å². The number of unbranched alkanes of at least 4 members (excludes halogenated alkanes) is 2. The first-order valence-corrected chi connectivity index (χ1v) is 12.0. The highest BCUT2D eigenvalue weighted by Crippen LogP contribution is 2.39. The van der Waals surface area contributed by atoms with Crippen LogP contribution in [0.2, 0.25) is 0 Å². The van der Waals surface area contributed by atoms with Crippen LogP contribution in [0.4, 0.5) is 5.95 Å². The number of benzene rings is 1. The molecule has 176 valence electrons. The monoisotopic (exact) mass is 438 g/mol. The van der Waals surface area contributed by atoms with Gasteiger partial charge in [0.25, 0.3) is 0 Å². The highest BCUT2D eigenvalue weighted by molar-refractivity contribution is 5.82. The molecule has 0 spiro atoms. The van der Waals surface area contributed by atoms with Gasteiger partial charge in [-0.2, -0.15) is 5.10 Å². The summed E-state index contributed by atoms with van der Waals surface area (Å²) in [5, 5.41) is 15.4. The van der Waals surface area contributed by atoms with E-state index in [2.05, 4.69) is 82.0 Å². The summed E-state index contributed by atoms with van der Waals surface area (Å²) in [6.45, 7) is 17.1. The van der Waals surface area contributed by atoms with Crippen LogP contribution in [0.15, 0.2) is 23.3 Å². The van der Waals surface area contributed by atoms with E-state index < -0.39 is 0 Å². The molecule has 32 heavy (non-hydrogen) atoms. The van der Waals surface area contributed by atoms with Crippen molar-refractivity contribution in [3.63, 3.8) is 0 Å². The van der Waals surface area contributed by atoms with Crippen molar-refractivity contribution in [1.29, 1.82) is 0 Å². The number of hydrogen-bond donors (Lipinski definition) is 2. The van der Waals surface area contributed by atoms with Crippen molar-refractivity contribution in [3.8, 4) is 5.75 Å². The Morgan fingerprint density at radius 3 is 1.72 bits per heavy atom. The molecule has 2 N–H and O–H groups in total. The third-order valence-electron chi connectivity index (χ3n) is 5.53. The Bertz CT molecular complexity index is 859. The third kappa shape index (κ3) is 7.32. The van der Waals surface area contributed by atoms with Crippen LogP contribution in [-0.4, -0.2) is 21.3 Å². The number of aromatic hydroxyl groups is 1. The van der Waals surface area contributed by atoms with Crippen molar-refractivity contribution in [2.75, 3.05) is 5.43 Å². The lowest BCUT2D eigenvalue weighted by atomic mass is 9.78. The molecule has 2 aromatic rings. The third-order valence-corrected chi connectivity index (χ3v) is 5.53. The molecule has 0 radical (unpaired) electrons. The molecule has 0 saturated carbocycles. The fourth-order valence-electron chi connectivity index (χ4n) is 3.62. The lowest BCUT2D eigenvalue weighted by Crippen LogP contribution is -2.18. The number of nitrogens with zero attached hydrogens (tertiary/aromatic N) is 3. The molecule has 0 aliphatic heterocycles. The smallest absolute Gasteiger partial charge is 0.243 e. The van der Waals surface area contributed by atoms with Gasteiger partial charge in [0, 0.05) is 22.5 Å². The van der Waals surface area contributed by atoms with Crippen molar-refractivity contribution in [2.45, 2.75) is 105 Å². The van der Waals surface area contributed by atoms with Crippen LogP contribution in [0, 0.1) is 0 Å². The average molecular weight is 439 g/mol. The van der Waals surface area contributed by atoms with E-state index in [0.29, 0.717) is 11.7 Å². The summed E-state index contributed by atoms with van der Waals surface area (Å²) in [6, 6.07) is 6.16. The first kappa shape index (κ1) is 25.8. The van der Waals surface area contributed by atoms with Gasteiger partial charge in [-0.3, -0.25) is 0 Å². The maximum absolute atomic E-state index is 10.9. The van der Waals surface area contributed by atoms with Crippen molar-refractivity contribution >= 4 is 12.2 Å². The molecular formula is C27H42N4O. The van der Waals surface area contributed by atoms with Gasteiger partial charge in [0.05, 0.1) is 6.21 Å². The Morgan fingerprint density at radius 2 is 1.31 bits per heavy atom. The second kappa shape index (κ2) is 10.9. The van der Waals surface area contributed by atoms with Gasteiger partial charge in [0.2, 0.25) is 5.95 Å². The van der Waals surface area contributed by atoms with Crippen LogP contribution >= 0.6 is 0 Å². The standard InChI is InChI=1S/C27H42N4O/c1-9-11-13-20-17-21(14-12-10-2)30-25(29-20)31-28-18-19-15-22(26(3,4)5)24(32)23(16-19)27(6,7)8/h15-18,32H,9-14H2,1-8H3,(H,29,30,31)/b28-18+. The molecule has 5 nitrogen and oxygen atoms in total. The highest BCUT2D eigenvalue weighted by Gasteiger charge is 2.26. The number of nitrogens with one attached hydrogen (secondary N) is 1. The van der Waals surface area contributed by atoms with Gasteiger partial charge in [-0.15, -0.1) is 0 Å². The fourth-order valence-corrected chi connectivity index (χ4v) is 3.62. The van der Waals surface area contributed by atoms with Gasteiger partial charge >= 0.3 is 0 Å². The SMILES string of the molecule is CCCCc1cc(CCCC)nc(N/N=C/c2cc(C(C)(C)C)c(O)c(C(C)(C)C)c2)n1. The van der Waals surface area contributed by atoms with Gasteiger partial charge < -0.3 is 5.11 Å². The number of aryl methyl sites for hydroxylation is 2. The van der Waals surface area contributed by atoms with Crippen LogP contribution in [0.1, 0.15) is 109 Å². The molecule has 0 bridgehead atoms. The Balaban J connectivity index is 2.33. The Labute approximate surface area is 194 Å².